The van der Waals surface area contributed by atoms with Crippen LogP contribution < -0.4 is 5.73 Å². The minimum atomic E-state index is -0.860. The van der Waals surface area contributed by atoms with Crippen molar-refractivity contribution in [2.75, 3.05) is 0 Å². The first-order valence-electron chi connectivity index (χ1n) is 8.37. The molecule has 2 aromatic heterocycles. The van der Waals surface area contributed by atoms with Crippen LogP contribution in [0.3, 0.4) is 0 Å². The Bertz CT molecular complexity index is 894. The number of H-pyrrole nitrogens is 1. The van der Waals surface area contributed by atoms with E-state index in [0.29, 0.717) is 17.1 Å². The molecular formula is C18H18ClN3O2. The summed E-state index contributed by atoms with van der Waals surface area (Å²) < 4.78 is 0. The molecule has 0 aliphatic heterocycles. The number of aromatic amines is 1. The lowest BCUT2D eigenvalue weighted by atomic mass is 9.85. The van der Waals surface area contributed by atoms with Crippen LogP contribution >= 0.6 is 11.6 Å². The van der Waals surface area contributed by atoms with Gasteiger partial charge in [0.2, 0.25) is 0 Å². The maximum absolute atomic E-state index is 12.1. The summed E-state index contributed by atoms with van der Waals surface area (Å²) in [7, 11) is 0. The van der Waals surface area contributed by atoms with Gasteiger partial charge in [-0.1, -0.05) is 11.6 Å². The van der Waals surface area contributed by atoms with E-state index < -0.39 is 5.97 Å². The summed E-state index contributed by atoms with van der Waals surface area (Å²) in [6.45, 7) is 0. The topological polar surface area (TPSA) is 92.0 Å². The zero-order valence-electron chi connectivity index (χ0n) is 13.2. The van der Waals surface area contributed by atoms with Crippen molar-refractivity contribution < 1.29 is 9.90 Å². The van der Waals surface area contributed by atoms with Gasteiger partial charge in [-0.25, -0.2) is 9.78 Å². The average Bonchev–Trinajstić information content (AvgIpc) is 3.45. The van der Waals surface area contributed by atoms with Crippen LogP contribution in [0.5, 0.6) is 0 Å². The fraction of sp³-hybridized carbons (Fsp3) is 0.444. The van der Waals surface area contributed by atoms with E-state index in [4.69, 9.17) is 17.3 Å². The fourth-order valence-corrected chi connectivity index (χ4v) is 4.66. The van der Waals surface area contributed by atoms with Crippen LogP contribution in [0.4, 0.5) is 0 Å². The van der Waals surface area contributed by atoms with Crippen molar-refractivity contribution in [2.24, 2.45) is 5.73 Å². The molecule has 2 aromatic rings. The number of nitrogens with one attached hydrogen (secondary N) is 1. The number of hydrogen-bond donors (Lipinski definition) is 3. The molecule has 0 aromatic carbocycles. The van der Waals surface area contributed by atoms with Crippen molar-refractivity contribution in [1.82, 2.24) is 9.97 Å². The maximum Gasteiger partial charge on any atom is 0.337 e. The SMILES string of the molecule is NC1(C2(c3[nH]c4c(c3C(=O)O)CCc3cnc(Cl)cc3-4)CC2)CC1. The third-order valence-corrected chi connectivity index (χ3v) is 6.36. The number of fused-ring (bicyclic) bond motifs is 3. The van der Waals surface area contributed by atoms with Gasteiger partial charge in [0.05, 0.1) is 11.3 Å². The van der Waals surface area contributed by atoms with Gasteiger partial charge in [0.25, 0.3) is 0 Å². The number of nitrogens with zero attached hydrogens (tertiary/aromatic N) is 1. The molecule has 0 spiro atoms. The summed E-state index contributed by atoms with van der Waals surface area (Å²) in [4.78, 5) is 19.7. The predicted octanol–water partition coefficient (Wildman–Crippen LogP) is 3.05. The summed E-state index contributed by atoms with van der Waals surface area (Å²) >= 11 is 6.08. The lowest BCUT2D eigenvalue weighted by Crippen LogP contribution is -2.38. The molecular weight excluding hydrogens is 326 g/mol. The van der Waals surface area contributed by atoms with E-state index in [2.05, 4.69) is 9.97 Å². The Balaban J connectivity index is 1.76. The van der Waals surface area contributed by atoms with Gasteiger partial charge in [0, 0.05) is 28.4 Å². The number of pyridine rings is 1. The van der Waals surface area contributed by atoms with E-state index in [-0.39, 0.29) is 11.0 Å². The zero-order valence-corrected chi connectivity index (χ0v) is 13.9. The molecule has 0 amide bonds. The number of carboxylic acids is 1. The zero-order chi connectivity index (χ0) is 16.7. The van der Waals surface area contributed by atoms with Crippen molar-refractivity contribution in [2.45, 2.75) is 49.5 Å². The second-order valence-electron chi connectivity index (χ2n) is 7.44. The van der Waals surface area contributed by atoms with Crippen LogP contribution in [-0.2, 0) is 18.3 Å². The van der Waals surface area contributed by atoms with E-state index in [0.717, 1.165) is 60.2 Å². The first-order chi connectivity index (χ1) is 11.5. The van der Waals surface area contributed by atoms with Crippen LogP contribution in [0.15, 0.2) is 12.3 Å². The fourth-order valence-electron chi connectivity index (χ4n) is 4.50. The molecule has 124 valence electrons. The lowest BCUT2D eigenvalue weighted by Gasteiger charge is -2.22. The van der Waals surface area contributed by atoms with Gasteiger partial charge in [-0.2, -0.15) is 0 Å². The van der Waals surface area contributed by atoms with Crippen molar-refractivity contribution in [1.29, 1.82) is 0 Å². The first kappa shape index (κ1) is 14.5. The number of nitrogens with two attached hydrogens (primary N) is 1. The number of carbonyl (C=O) groups is 1. The molecule has 5 rings (SSSR count). The van der Waals surface area contributed by atoms with Crippen LogP contribution in [0.1, 0.15) is 52.9 Å². The molecule has 6 heteroatoms. The van der Waals surface area contributed by atoms with Crippen molar-refractivity contribution in [3.8, 4) is 11.3 Å². The molecule has 0 atom stereocenters. The van der Waals surface area contributed by atoms with Gasteiger partial charge in [0.15, 0.2) is 0 Å². The molecule has 0 radical (unpaired) electrons. The van der Waals surface area contributed by atoms with Crippen LogP contribution in [0, 0.1) is 0 Å². The number of carboxylic acid groups (broad SMARTS) is 1. The molecule has 4 N–H and O–H groups in total. The number of aryl methyl sites for hydroxylation is 1. The normalized spacial score (nSPS) is 21.8. The third kappa shape index (κ3) is 1.74. The van der Waals surface area contributed by atoms with Gasteiger partial charge in [-0.05, 0) is 55.7 Å². The van der Waals surface area contributed by atoms with Gasteiger partial charge < -0.3 is 15.8 Å². The van der Waals surface area contributed by atoms with Crippen molar-refractivity contribution in [3.05, 3.63) is 39.8 Å². The lowest BCUT2D eigenvalue weighted by molar-refractivity contribution is 0.0693. The van der Waals surface area contributed by atoms with Gasteiger partial charge in [0.1, 0.15) is 5.15 Å². The molecule has 2 saturated carbocycles. The van der Waals surface area contributed by atoms with Crippen LogP contribution in [-0.4, -0.2) is 26.6 Å². The minimum Gasteiger partial charge on any atom is -0.478 e. The highest BCUT2D eigenvalue weighted by Crippen LogP contribution is 2.64. The summed E-state index contributed by atoms with van der Waals surface area (Å²) in [6.07, 6.45) is 7.16. The Hall–Kier alpha value is -1.85. The monoisotopic (exact) mass is 343 g/mol. The highest BCUT2D eigenvalue weighted by molar-refractivity contribution is 6.29. The summed E-state index contributed by atoms with van der Waals surface area (Å²) in [5.74, 6) is -0.860. The smallest absolute Gasteiger partial charge is 0.337 e. The molecule has 3 aliphatic rings. The second kappa shape index (κ2) is 4.41. The molecule has 0 saturated heterocycles. The number of hydrogen-bond acceptors (Lipinski definition) is 3. The van der Waals surface area contributed by atoms with E-state index in [9.17, 15) is 9.90 Å². The highest BCUT2D eigenvalue weighted by Gasteiger charge is 2.66. The van der Waals surface area contributed by atoms with E-state index in [1.54, 1.807) is 6.20 Å². The second-order valence-corrected chi connectivity index (χ2v) is 7.82. The van der Waals surface area contributed by atoms with Crippen molar-refractivity contribution in [3.63, 3.8) is 0 Å². The summed E-state index contributed by atoms with van der Waals surface area (Å²) in [6, 6.07) is 1.83. The Labute approximate surface area is 144 Å². The molecule has 3 aliphatic carbocycles. The molecule has 5 nitrogen and oxygen atoms in total. The predicted molar refractivity (Wildman–Crippen MR) is 90.5 cm³/mol. The summed E-state index contributed by atoms with van der Waals surface area (Å²) in [5.41, 5.74) is 11.2. The minimum absolute atomic E-state index is 0.185. The van der Waals surface area contributed by atoms with Crippen LogP contribution in [0.25, 0.3) is 11.3 Å². The number of rotatable bonds is 3. The van der Waals surface area contributed by atoms with Gasteiger partial charge in [-0.3, -0.25) is 0 Å². The quantitative estimate of drug-likeness (QED) is 0.747. The molecule has 0 bridgehead atoms. The summed E-state index contributed by atoms with van der Waals surface area (Å²) in [5, 5.41) is 10.3. The van der Waals surface area contributed by atoms with E-state index in [1.807, 2.05) is 6.07 Å². The highest BCUT2D eigenvalue weighted by atomic mass is 35.5. The largest absolute Gasteiger partial charge is 0.478 e. The molecule has 24 heavy (non-hydrogen) atoms. The van der Waals surface area contributed by atoms with Gasteiger partial charge >= 0.3 is 5.97 Å². The Morgan fingerprint density at radius 1 is 1.29 bits per heavy atom. The molecule has 0 unspecified atom stereocenters. The van der Waals surface area contributed by atoms with Crippen molar-refractivity contribution >= 4 is 17.6 Å². The number of halogens is 1. The number of aromatic nitrogens is 2. The first-order valence-corrected chi connectivity index (χ1v) is 8.75. The Kier molecular flexibility index (Phi) is 2.66. The molecule has 2 fully saturated rings. The third-order valence-electron chi connectivity index (χ3n) is 6.15. The molecule has 2 heterocycles. The standard InChI is InChI=1S/C18H18ClN3O2/c19-12-7-11-9(8-21-12)1-2-10-13(16(23)24)15(22-14(10)11)17(3-4-17)18(20)5-6-18/h7-8,22H,1-6,20H2,(H,23,24). The van der Waals surface area contributed by atoms with Gasteiger partial charge in [-0.15, -0.1) is 0 Å². The van der Waals surface area contributed by atoms with Crippen LogP contribution in [0.2, 0.25) is 5.15 Å². The number of aromatic carboxylic acids is 1. The van der Waals surface area contributed by atoms with E-state index >= 15 is 0 Å². The van der Waals surface area contributed by atoms with E-state index in [1.165, 1.54) is 0 Å². The maximum atomic E-state index is 12.1. The Morgan fingerprint density at radius 3 is 2.67 bits per heavy atom. The average molecular weight is 344 g/mol. The Morgan fingerprint density at radius 2 is 2.04 bits per heavy atom.